The summed E-state index contributed by atoms with van der Waals surface area (Å²) in [7, 11) is 0. The van der Waals surface area contributed by atoms with Gasteiger partial charge in [0.25, 0.3) is 5.78 Å². The van der Waals surface area contributed by atoms with Crippen molar-refractivity contribution in [1.82, 2.24) is 29.5 Å². The standard InChI is InChI=1S/C24H26N6O/c1-17-7-4-5-9-21(17)15-29(14-20-8-6-12-25-13-20)23(31)11-10-22-18(2)28-24-26-16-27-30(24)19(22)3/h4-9,12-13,16H,10-11,14-15H2,1-3H3. The van der Waals surface area contributed by atoms with Gasteiger partial charge < -0.3 is 4.90 Å². The number of hydrogen-bond donors (Lipinski definition) is 0. The molecule has 0 N–H and O–H groups in total. The molecule has 0 atom stereocenters. The summed E-state index contributed by atoms with van der Waals surface area (Å²) in [6.07, 6.45) is 6.07. The van der Waals surface area contributed by atoms with E-state index in [0.717, 1.165) is 28.1 Å². The first-order valence-electron chi connectivity index (χ1n) is 10.4. The average Bonchev–Trinajstić information content (AvgIpc) is 3.24. The predicted molar refractivity (Wildman–Crippen MR) is 118 cm³/mol. The molecule has 0 bridgehead atoms. The number of carbonyl (C=O) groups is 1. The van der Waals surface area contributed by atoms with Gasteiger partial charge in [-0.3, -0.25) is 9.78 Å². The zero-order valence-electron chi connectivity index (χ0n) is 18.1. The molecule has 0 saturated carbocycles. The average molecular weight is 415 g/mol. The van der Waals surface area contributed by atoms with Crippen LogP contribution in [0.4, 0.5) is 0 Å². The van der Waals surface area contributed by atoms with Crippen molar-refractivity contribution in [3.8, 4) is 0 Å². The molecule has 4 rings (SSSR count). The maximum Gasteiger partial charge on any atom is 0.252 e. The van der Waals surface area contributed by atoms with E-state index in [1.807, 2.05) is 49.2 Å². The van der Waals surface area contributed by atoms with E-state index in [2.05, 4.69) is 39.1 Å². The number of nitrogens with zero attached hydrogens (tertiary/aromatic N) is 6. The maximum atomic E-state index is 13.3. The Morgan fingerprint density at radius 2 is 1.90 bits per heavy atom. The third kappa shape index (κ3) is 4.60. The fraction of sp³-hybridized carbons (Fsp3) is 0.292. The smallest absolute Gasteiger partial charge is 0.252 e. The second-order valence-corrected chi connectivity index (χ2v) is 7.77. The van der Waals surface area contributed by atoms with Gasteiger partial charge in [-0.25, -0.2) is 9.50 Å². The van der Waals surface area contributed by atoms with Crippen LogP contribution in [0.3, 0.4) is 0 Å². The molecule has 4 aromatic rings. The van der Waals surface area contributed by atoms with Crippen molar-refractivity contribution in [3.05, 3.63) is 88.8 Å². The van der Waals surface area contributed by atoms with E-state index in [-0.39, 0.29) is 5.91 Å². The van der Waals surface area contributed by atoms with E-state index in [9.17, 15) is 4.79 Å². The highest BCUT2D eigenvalue weighted by molar-refractivity contribution is 5.76. The number of hydrogen-bond acceptors (Lipinski definition) is 5. The van der Waals surface area contributed by atoms with Crippen LogP contribution < -0.4 is 0 Å². The third-order valence-electron chi connectivity index (χ3n) is 5.65. The molecule has 31 heavy (non-hydrogen) atoms. The molecule has 0 saturated heterocycles. The van der Waals surface area contributed by atoms with Crippen LogP contribution >= 0.6 is 0 Å². The number of carbonyl (C=O) groups excluding carboxylic acids is 1. The van der Waals surface area contributed by atoms with E-state index in [1.54, 1.807) is 10.7 Å². The van der Waals surface area contributed by atoms with Crippen LogP contribution in [0, 0.1) is 20.8 Å². The first-order chi connectivity index (χ1) is 15.0. The lowest BCUT2D eigenvalue weighted by atomic mass is 10.0. The Morgan fingerprint density at radius 3 is 2.68 bits per heavy atom. The first-order valence-corrected chi connectivity index (χ1v) is 10.4. The molecule has 0 radical (unpaired) electrons. The molecular formula is C24H26N6O. The molecule has 0 unspecified atom stereocenters. The molecule has 0 aliphatic rings. The van der Waals surface area contributed by atoms with Crippen molar-refractivity contribution < 1.29 is 4.79 Å². The Balaban J connectivity index is 1.55. The third-order valence-corrected chi connectivity index (χ3v) is 5.65. The fourth-order valence-electron chi connectivity index (χ4n) is 3.84. The first kappa shape index (κ1) is 20.7. The number of rotatable bonds is 7. The summed E-state index contributed by atoms with van der Waals surface area (Å²) in [6, 6.07) is 12.1. The largest absolute Gasteiger partial charge is 0.334 e. The Bertz CT molecular complexity index is 1200. The summed E-state index contributed by atoms with van der Waals surface area (Å²) in [5.41, 5.74) is 6.26. The summed E-state index contributed by atoms with van der Waals surface area (Å²) in [5, 5.41) is 4.24. The predicted octanol–water partition coefficient (Wildman–Crippen LogP) is 3.61. The summed E-state index contributed by atoms with van der Waals surface area (Å²) < 4.78 is 1.73. The van der Waals surface area contributed by atoms with Gasteiger partial charge in [-0.05, 0) is 55.5 Å². The van der Waals surface area contributed by atoms with E-state index in [1.165, 1.54) is 11.9 Å². The van der Waals surface area contributed by atoms with Crippen LogP contribution in [0.5, 0.6) is 0 Å². The Hall–Kier alpha value is -3.61. The molecule has 158 valence electrons. The number of aryl methyl sites for hydroxylation is 3. The van der Waals surface area contributed by atoms with Gasteiger partial charge >= 0.3 is 0 Å². The lowest BCUT2D eigenvalue weighted by Gasteiger charge is -2.24. The van der Waals surface area contributed by atoms with E-state index < -0.39 is 0 Å². The number of pyridine rings is 1. The number of fused-ring (bicyclic) bond motifs is 1. The highest BCUT2D eigenvalue weighted by Gasteiger charge is 2.18. The van der Waals surface area contributed by atoms with Gasteiger partial charge in [0.2, 0.25) is 5.91 Å². The molecule has 0 fully saturated rings. The van der Waals surface area contributed by atoms with E-state index in [4.69, 9.17) is 0 Å². The van der Waals surface area contributed by atoms with Crippen molar-refractivity contribution in [2.45, 2.75) is 46.7 Å². The van der Waals surface area contributed by atoms with Crippen LogP contribution in [0.2, 0.25) is 0 Å². The topological polar surface area (TPSA) is 76.3 Å². The summed E-state index contributed by atoms with van der Waals surface area (Å²) >= 11 is 0. The van der Waals surface area contributed by atoms with Gasteiger partial charge in [0.1, 0.15) is 6.33 Å². The van der Waals surface area contributed by atoms with Crippen LogP contribution in [-0.4, -0.2) is 35.4 Å². The number of aromatic nitrogens is 5. The highest BCUT2D eigenvalue weighted by Crippen LogP contribution is 2.18. The molecule has 0 aliphatic carbocycles. The second-order valence-electron chi connectivity index (χ2n) is 7.77. The van der Waals surface area contributed by atoms with Crippen molar-refractivity contribution in [1.29, 1.82) is 0 Å². The van der Waals surface area contributed by atoms with Gasteiger partial charge in [-0.1, -0.05) is 30.3 Å². The van der Waals surface area contributed by atoms with Crippen LogP contribution in [0.15, 0.2) is 55.1 Å². The van der Waals surface area contributed by atoms with Crippen LogP contribution in [0.25, 0.3) is 5.78 Å². The van der Waals surface area contributed by atoms with Gasteiger partial charge in [0.05, 0.1) is 0 Å². The van der Waals surface area contributed by atoms with Gasteiger partial charge in [-0.15, -0.1) is 0 Å². The normalized spacial score (nSPS) is 11.1. The molecule has 0 spiro atoms. The molecule has 1 aromatic carbocycles. The molecule has 1 amide bonds. The summed E-state index contributed by atoms with van der Waals surface area (Å²) in [4.78, 5) is 28.1. The lowest BCUT2D eigenvalue weighted by Crippen LogP contribution is -2.30. The molecule has 3 aromatic heterocycles. The molecule has 7 heteroatoms. The minimum absolute atomic E-state index is 0.101. The van der Waals surface area contributed by atoms with Crippen molar-refractivity contribution >= 4 is 11.7 Å². The van der Waals surface area contributed by atoms with Crippen molar-refractivity contribution in [3.63, 3.8) is 0 Å². The minimum atomic E-state index is 0.101. The monoisotopic (exact) mass is 414 g/mol. The number of benzene rings is 1. The van der Waals surface area contributed by atoms with Crippen molar-refractivity contribution in [2.24, 2.45) is 0 Å². The quantitative estimate of drug-likeness (QED) is 0.462. The zero-order chi connectivity index (χ0) is 21.8. The summed E-state index contributed by atoms with van der Waals surface area (Å²) in [5.74, 6) is 0.687. The molecular weight excluding hydrogens is 388 g/mol. The van der Waals surface area contributed by atoms with Gasteiger partial charge in [0.15, 0.2) is 0 Å². The minimum Gasteiger partial charge on any atom is -0.334 e. The Morgan fingerprint density at radius 1 is 1.06 bits per heavy atom. The van der Waals surface area contributed by atoms with Gasteiger partial charge in [-0.2, -0.15) is 10.1 Å². The fourth-order valence-corrected chi connectivity index (χ4v) is 3.84. The Kier molecular flexibility index (Phi) is 6.02. The van der Waals surface area contributed by atoms with Gasteiger partial charge in [0, 0.05) is 43.3 Å². The van der Waals surface area contributed by atoms with E-state index in [0.29, 0.717) is 31.7 Å². The van der Waals surface area contributed by atoms with Crippen LogP contribution in [0.1, 0.15) is 40.1 Å². The van der Waals surface area contributed by atoms with Crippen LogP contribution in [-0.2, 0) is 24.3 Å². The second kappa shape index (κ2) is 9.04. The molecule has 7 nitrogen and oxygen atoms in total. The maximum absolute atomic E-state index is 13.3. The SMILES string of the molecule is Cc1ccccc1CN(Cc1cccnc1)C(=O)CCc1c(C)nc2ncnn2c1C. The molecule has 0 aliphatic heterocycles. The zero-order valence-corrected chi connectivity index (χ0v) is 18.1. The van der Waals surface area contributed by atoms with E-state index >= 15 is 0 Å². The Labute approximate surface area is 181 Å². The van der Waals surface area contributed by atoms with Crippen molar-refractivity contribution in [2.75, 3.05) is 0 Å². The highest BCUT2D eigenvalue weighted by atomic mass is 16.2. The molecule has 3 heterocycles. The lowest BCUT2D eigenvalue weighted by molar-refractivity contribution is -0.132. The summed E-state index contributed by atoms with van der Waals surface area (Å²) in [6.45, 7) is 7.13. The number of amides is 1.